The van der Waals surface area contributed by atoms with Gasteiger partial charge in [-0.15, -0.1) is 0 Å². The molecule has 0 aliphatic heterocycles. The molecule has 0 saturated heterocycles. The Balaban J connectivity index is 1.59. The second kappa shape index (κ2) is 9.82. The van der Waals surface area contributed by atoms with Crippen molar-refractivity contribution in [1.82, 2.24) is 0 Å². The molecular formula is C30H23O3P. The molecule has 0 amide bonds. The largest absolute Gasteiger partial charge is 0.462 e. The van der Waals surface area contributed by atoms with Crippen LogP contribution in [0.15, 0.2) is 140 Å². The zero-order valence-corrected chi connectivity index (χ0v) is 19.3. The van der Waals surface area contributed by atoms with Gasteiger partial charge in [0.15, 0.2) is 0 Å². The monoisotopic (exact) mass is 462 g/mol. The van der Waals surface area contributed by atoms with E-state index < -0.39 is 7.60 Å². The Hall–Kier alpha value is -4.07. The van der Waals surface area contributed by atoms with Crippen LogP contribution < -0.4 is 14.4 Å². The minimum atomic E-state index is -3.81. The van der Waals surface area contributed by atoms with Crippen LogP contribution in [0.5, 0.6) is 11.5 Å². The molecule has 5 aromatic rings. The predicted octanol–water partition coefficient (Wildman–Crippen LogP) is 8.00. The van der Waals surface area contributed by atoms with Gasteiger partial charge in [-0.1, -0.05) is 115 Å². The van der Waals surface area contributed by atoms with Crippen LogP contribution in [-0.4, -0.2) is 0 Å². The van der Waals surface area contributed by atoms with Crippen molar-refractivity contribution in [1.29, 1.82) is 0 Å². The lowest BCUT2D eigenvalue weighted by Gasteiger charge is -2.23. The first-order valence-electron chi connectivity index (χ1n) is 11.1. The lowest BCUT2D eigenvalue weighted by Crippen LogP contribution is -2.15. The molecule has 0 heterocycles. The van der Waals surface area contributed by atoms with Crippen molar-refractivity contribution in [2.24, 2.45) is 0 Å². The number of hydrogen-bond donors (Lipinski definition) is 0. The van der Waals surface area contributed by atoms with Crippen LogP contribution in [0.25, 0.3) is 22.3 Å². The van der Waals surface area contributed by atoms with Crippen LogP contribution in [0.4, 0.5) is 0 Å². The van der Waals surface area contributed by atoms with Gasteiger partial charge >= 0.3 is 7.60 Å². The molecule has 5 aromatic carbocycles. The van der Waals surface area contributed by atoms with E-state index in [4.69, 9.17) is 9.05 Å². The molecule has 0 spiro atoms. The quantitative estimate of drug-likeness (QED) is 0.230. The lowest BCUT2D eigenvalue weighted by molar-refractivity contribution is 0.400. The summed E-state index contributed by atoms with van der Waals surface area (Å²) in [6.45, 7) is 0. The summed E-state index contributed by atoms with van der Waals surface area (Å²) in [5.41, 5.74) is 3.64. The Morgan fingerprint density at radius 3 is 1.21 bits per heavy atom. The zero-order chi connectivity index (χ0) is 23.2. The SMILES string of the molecule is O=P(Oc1ccccc1-c1ccccc1)(Oc1ccccc1-c1ccccc1)c1ccccc1. The summed E-state index contributed by atoms with van der Waals surface area (Å²) in [7, 11) is -3.81. The zero-order valence-electron chi connectivity index (χ0n) is 18.5. The molecule has 0 N–H and O–H groups in total. The average molecular weight is 462 g/mol. The van der Waals surface area contributed by atoms with E-state index in [1.807, 2.05) is 127 Å². The van der Waals surface area contributed by atoms with E-state index in [1.54, 1.807) is 12.1 Å². The fourth-order valence-electron chi connectivity index (χ4n) is 3.80. The van der Waals surface area contributed by atoms with Crippen LogP contribution in [0.3, 0.4) is 0 Å². The van der Waals surface area contributed by atoms with Crippen molar-refractivity contribution >= 4 is 12.9 Å². The van der Waals surface area contributed by atoms with Gasteiger partial charge in [0.2, 0.25) is 0 Å². The van der Waals surface area contributed by atoms with E-state index in [0.29, 0.717) is 16.8 Å². The molecule has 34 heavy (non-hydrogen) atoms. The second-order valence-electron chi connectivity index (χ2n) is 7.74. The molecule has 166 valence electrons. The van der Waals surface area contributed by atoms with Crippen LogP contribution in [0.2, 0.25) is 0 Å². The highest BCUT2D eigenvalue weighted by atomic mass is 31.2. The van der Waals surface area contributed by atoms with Crippen molar-refractivity contribution in [2.45, 2.75) is 0 Å². The van der Waals surface area contributed by atoms with Crippen molar-refractivity contribution in [3.05, 3.63) is 140 Å². The summed E-state index contributed by atoms with van der Waals surface area (Å²) < 4.78 is 27.1. The fourth-order valence-corrected chi connectivity index (χ4v) is 5.42. The van der Waals surface area contributed by atoms with E-state index in [2.05, 4.69) is 0 Å². The van der Waals surface area contributed by atoms with E-state index in [0.717, 1.165) is 22.3 Å². The summed E-state index contributed by atoms with van der Waals surface area (Å²) in [6, 6.07) is 44.1. The maximum atomic E-state index is 14.5. The number of rotatable bonds is 7. The summed E-state index contributed by atoms with van der Waals surface area (Å²) in [5.74, 6) is 0.996. The molecule has 0 fully saturated rings. The van der Waals surface area contributed by atoms with Crippen LogP contribution in [-0.2, 0) is 4.57 Å². The molecule has 5 rings (SSSR count). The molecule has 0 unspecified atom stereocenters. The Morgan fingerprint density at radius 1 is 0.412 bits per heavy atom. The van der Waals surface area contributed by atoms with Gasteiger partial charge in [-0.3, -0.25) is 0 Å². The topological polar surface area (TPSA) is 35.5 Å². The first kappa shape index (κ1) is 21.8. The second-order valence-corrected chi connectivity index (χ2v) is 9.62. The van der Waals surface area contributed by atoms with Crippen molar-refractivity contribution in [3.8, 4) is 33.8 Å². The minimum Gasteiger partial charge on any atom is -0.412 e. The van der Waals surface area contributed by atoms with Gasteiger partial charge in [-0.05, 0) is 35.4 Å². The van der Waals surface area contributed by atoms with E-state index in [-0.39, 0.29) is 0 Å². The summed E-state index contributed by atoms with van der Waals surface area (Å²) in [6.07, 6.45) is 0. The number of para-hydroxylation sites is 2. The van der Waals surface area contributed by atoms with Gasteiger partial charge in [-0.25, -0.2) is 4.57 Å². The summed E-state index contributed by atoms with van der Waals surface area (Å²) >= 11 is 0. The smallest absolute Gasteiger partial charge is 0.412 e. The maximum absolute atomic E-state index is 14.5. The molecule has 0 aromatic heterocycles. The molecule has 0 aliphatic rings. The van der Waals surface area contributed by atoms with Crippen LogP contribution >= 0.6 is 7.60 Å². The first-order chi connectivity index (χ1) is 16.7. The third kappa shape index (κ3) is 4.66. The Bertz CT molecular complexity index is 1330. The number of benzene rings is 5. The third-order valence-electron chi connectivity index (χ3n) is 5.45. The Labute approximate surface area is 199 Å². The molecule has 0 atom stereocenters. The molecule has 0 saturated carbocycles. The summed E-state index contributed by atoms with van der Waals surface area (Å²) in [4.78, 5) is 0. The normalized spacial score (nSPS) is 11.1. The van der Waals surface area contributed by atoms with Crippen molar-refractivity contribution in [3.63, 3.8) is 0 Å². The number of hydrogen-bond acceptors (Lipinski definition) is 3. The van der Waals surface area contributed by atoms with Gasteiger partial charge in [0.1, 0.15) is 11.5 Å². The van der Waals surface area contributed by atoms with Crippen molar-refractivity contribution < 1.29 is 13.6 Å². The van der Waals surface area contributed by atoms with Crippen LogP contribution in [0.1, 0.15) is 0 Å². The molecule has 0 radical (unpaired) electrons. The van der Waals surface area contributed by atoms with Gasteiger partial charge in [0.05, 0.1) is 5.30 Å². The van der Waals surface area contributed by atoms with E-state index >= 15 is 0 Å². The standard InChI is InChI=1S/C30H23O3P/c31-34(26-18-8-3-9-19-26,32-29-22-12-10-20-27(29)24-14-4-1-5-15-24)33-30-23-13-11-21-28(30)25-16-6-2-7-17-25/h1-23H. The predicted molar refractivity (Wildman–Crippen MR) is 139 cm³/mol. The lowest BCUT2D eigenvalue weighted by atomic mass is 10.1. The Kier molecular flexibility index (Phi) is 6.29. The highest BCUT2D eigenvalue weighted by Gasteiger charge is 2.33. The van der Waals surface area contributed by atoms with E-state index in [9.17, 15) is 4.57 Å². The average Bonchev–Trinajstić information content (AvgIpc) is 2.91. The van der Waals surface area contributed by atoms with Gasteiger partial charge < -0.3 is 9.05 Å². The van der Waals surface area contributed by atoms with Gasteiger partial charge in [-0.2, -0.15) is 0 Å². The molecule has 0 bridgehead atoms. The van der Waals surface area contributed by atoms with E-state index in [1.165, 1.54) is 0 Å². The van der Waals surface area contributed by atoms with Gasteiger partial charge in [0.25, 0.3) is 0 Å². The Morgan fingerprint density at radius 2 is 0.765 bits per heavy atom. The van der Waals surface area contributed by atoms with Gasteiger partial charge in [0, 0.05) is 11.1 Å². The highest BCUT2D eigenvalue weighted by Crippen LogP contribution is 2.51. The molecule has 0 aliphatic carbocycles. The highest BCUT2D eigenvalue weighted by molar-refractivity contribution is 7.63. The minimum absolute atomic E-state index is 0.487. The fraction of sp³-hybridized carbons (Fsp3) is 0. The molecular weight excluding hydrogens is 439 g/mol. The van der Waals surface area contributed by atoms with Crippen LogP contribution in [0, 0.1) is 0 Å². The van der Waals surface area contributed by atoms with Crippen molar-refractivity contribution in [2.75, 3.05) is 0 Å². The third-order valence-corrected chi connectivity index (χ3v) is 7.26. The molecule has 3 nitrogen and oxygen atoms in total. The maximum Gasteiger partial charge on any atom is 0.462 e. The molecule has 4 heteroatoms. The first-order valence-corrected chi connectivity index (χ1v) is 12.6. The summed E-state index contributed by atoms with van der Waals surface area (Å²) in [5, 5.41) is 0.487.